The van der Waals surface area contributed by atoms with Crippen LogP contribution in [0.3, 0.4) is 0 Å². The van der Waals surface area contributed by atoms with Gasteiger partial charge in [-0.15, -0.1) is 11.3 Å². The maximum absolute atomic E-state index is 13.7. The lowest BCUT2D eigenvalue weighted by Crippen LogP contribution is -2.03. The van der Waals surface area contributed by atoms with Crippen LogP contribution in [0.25, 0.3) is 0 Å². The highest BCUT2D eigenvalue weighted by Crippen LogP contribution is 2.24. The van der Waals surface area contributed by atoms with E-state index in [9.17, 15) is 9.18 Å². The molecule has 0 amide bonds. The average molecular weight is 315 g/mol. The van der Waals surface area contributed by atoms with E-state index < -0.39 is 5.82 Å². The van der Waals surface area contributed by atoms with E-state index in [1.807, 2.05) is 0 Å². The van der Waals surface area contributed by atoms with Crippen LogP contribution in [0.15, 0.2) is 33.4 Å². The summed E-state index contributed by atoms with van der Waals surface area (Å²) in [4.78, 5) is 12.0. The van der Waals surface area contributed by atoms with E-state index in [0.717, 1.165) is 3.79 Å². The minimum absolute atomic E-state index is 0.0519. The Bertz CT molecular complexity index is 565. The van der Waals surface area contributed by atoms with Crippen LogP contribution in [0.1, 0.15) is 15.9 Å². The van der Waals surface area contributed by atoms with E-state index in [0.29, 0.717) is 11.3 Å². The zero-order valence-corrected chi connectivity index (χ0v) is 11.3. The van der Waals surface area contributed by atoms with Crippen molar-refractivity contribution in [1.82, 2.24) is 0 Å². The van der Waals surface area contributed by atoms with Crippen LogP contribution >= 0.6 is 27.3 Å². The maximum atomic E-state index is 13.7. The first-order chi connectivity index (χ1) is 8.11. The lowest BCUT2D eigenvalue weighted by molar-refractivity contribution is 0.103. The third kappa shape index (κ3) is 2.56. The lowest BCUT2D eigenvalue weighted by atomic mass is 10.1. The molecule has 0 aliphatic heterocycles. The minimum Gasteiger partial charge on any atom is -0.497 e. The first kappa shape index (κ1) is 12.3. The minimum atomic E-state index is -0.573. The number of carbonyl (C=O) groups excluding carboxylic acids is 1. The van der Waals surface area contributed by atoms with Crippen molar-refractivity contribution in [2.24, 2.45) is 0 Å². The Morgan fingerprint density at radius 3 is 2.71 bits per heavy atom. The molecule has 0 saturated heterocycles. The van der Waals surface area contributed by atoms with E-state index in [1.54, 1.807) is 17.5 Å². The Morgan fingerprint density at radius 2 is 2.18 bits per heavy atom. The summed E-state index contributed by atoms with van der Waals surface area (Å²) in [5, 5.41) is 1.69. The third-order valence-corrected chi connectivity index (χ3v) is 3.75. The van der Waals surface area contributed by atoms with Crippen molar-refractivity contribution < 1.29 is 13.9 Å². The van der Waals surface area contributed by atoms with Gasteiger partial charge in [0, 0.05) is 17.0 Å². The van der Waals surface area contributed by atoms with Crippen LogP contribution in [0.2, 0.25) is 0 Å². The van der Waals surface area contributed by atoms with E-state index in [4.69, 9.17) is 4.74 Å². The first-order valence-corrected chi connectivity index (χ1v) is 6.41. The summed E-state index contributed by atoms with van der Waals surface area (Å²) in [6.45, 7) is 0. The largest absolute Gasteiger partial charge is 0.497 e. The van der Waals surface area contributed by atoms with E-state index in [2.05, 4.69) is 15.9 Å². The molecule has 0 atom stereocenters. The molecule has 0 saturated carbocycles. The predicted molar refractivity (Wildman–Crippen MR) is 68.4 cm³/mol. The van der Waals surface area contributed by atoms with Crippen molar-refractivity contribution in [3.63, 3.8) is 0 Å². The monoisotopic (exact) mass is 314 g/mol. The van der Waals surface area contributed by atoms with Gasteiger partial charge in [-0.25, -0.2) is 4.39 Å². The number of methoxy groups -OCH3 is 1. The Balaban J connectivity index is 2.37. The quantitative estimate of drug-likeness (QED) is 0.803. The zero-order valence-electron chi connectivity index (χ0n) is 8.87. The fraction of sp³-hybridized carbons (Fsp3) is 0.0833. The van der Waals surface area contributed by atoms with Crippen molar-refractivity contribution in [2.75, 3.05) is 7.11 Å². The van der Waals surface area contributed by atoms with Crippen molar-refractivity contribution in [2.45, 2.75) is 0 Å². The van der Waals surface area contributed by atoms with E-state index in [-0.39, 0.29) is 11.3 Å². The first-order valence-electron chi connectivity index (χ1n) is 4.74. The van der Waals surface area contributed by atoms with Crippen LogP contribution in [-0.2, 0) is 0 Å². The highest BCUT2D eigenvalue weighted by atomic mass is 79.9. The predicted octanol–water partition coefficient (Wildman–Crippen LogP) is 3.89. The molecule has 5 heteroatoms. The second-order valence-electron chi connectivity index (χ2n) is 3.31. The van der Waals surface area contributed by atoms with Gasteiger partial charge in [-0.1, -0.05) is 0 Å². The second-order valence-corrected chi connectivity index (χ2v) is 5.60. The molecule has 1 aromatic carbocycles. The summed E-state index contributed by atoms with van der Waals surface area (Å²) in [5.74, 6) is -0.505. The molecule has 0 fully saturated rings. The molecule has 0 radical (unpaired) electrons. The normalized spacial score (nSPS) is 10.3. The molecule has 0 N–H and O–H groups in total. The highest BCUT2D eigenvalue weighted by molar-refractivity contribution is 9.11. The van der Waals surface area contributed by atoms with Gasteiger partial charge in [0.2, 0.25) is 0 Å². The Labute approximate surface area is 110 Å². The summed E-state index contributed by atoms with van der Waals surface area (Å²) in [7, 11) is 1.45. The summed E-state index contributed by atoms with van der Waals surface area (Å²) >= 11 is 4.66. The molecule has 2 nitrogen and oxygen atoms in total. The molecule has 0 aliphatic carbocycles. The van der Waals surface area contributed by atoms with Crippen LogP contribution < -0.4 is 4.74 Å². The van der Waals surface area contributed by atoms with Gasteiger partial charge in [-0.05, 0) is 34.1 Å². The summed E-state index contributed by atoms with van der Waals surface area (Å²) in [5.41, 5.74) is 0.530. The van der Waals surface area contributed by atoms with Crippen molar-refractivity contribution >= 4 is 33.0 Å². The number of ketones is 1. The van der Waals surface area contributed by atoms with Crippen LogP contribution in [0, 0.1) is 5.82 Å². The average Bonchev–Trinajstić information content (AvgIpc) is 2.75. The van der Waals surface area contributed by atoms with Gasteiger partial charge in [0.15, 0.2) is 5.78 Å². The van der Waals surface area contributed by atoms with Gasteiger partial charge in [-0.2, -0.15) is 0 Å². The summed E-state index contributed by atoms with van der Waals surface area (Å²) in [6.07, 6.45) is 0. The van der Waals surface area contributed by atoms with E-state index >= 15 is 0 Å². The molecule has 0 unspecified atom stereocenters. The molecule has 2 aromatic rings. The Hall–Kier alpha value is -1.20. The van der Waals surface area contributed by atoms with Crippen LogP contribution in [0.4, 0.5) is 4.39 Å². The Morgan fingerprint density at radius 1 is 1.41 bits per heavy atom. The molecule has 88 valence electrons. The van der Waals surface area contributed by atoms with Gasteiger partial charge in [0.05, 0.1) is 16.5 Å². The number of rotatable bonds is 3. The molecular weight excluding hydrogens is 307 g/mol. The van der Waals surface area contributed by atoms with Gasteiger partial charge in [0.1, 0.15) is 11.6 Å². The topological polar surface area (TPSA) is 26.3 Å². The number of carbonyl (C=O) groups is 1. The lowest BCUT2D eigenvalue weighted by Gasteiger charge is -2.03. The standard InChI is InChI=1S/C12H8BrFO2S/c1-16-8-2-3-9(10(14)5-8)12(15)7-4-11(13)17-6-7/h2-6H,1H3. The molecule has 1 heterocycles. The number of ether oxygens (including phenoxy) is 1. The number of thiophene rings is 1. The number of hydrogen-bond acceptors (Lipinski definition) is 3. The smallest absolute Gasteiger partial charge is 0.196 e. The highest BCUT2D eigenvalue weighted by Gasteiger charge is 2.15. The molecule has 0 spiro atoms. The molecule has 17 heavy (non-hydrogen) atoms. The van der Waals surface area contributed by atoms with Crippen molar-refractivity contribution in [3.05, 3.63) is 50.4 Å². The van der Waals surface area contributed by atoms with E-state index in [1.165, 1.54) is 30.6 Å². The number of hydrogen-bond donors (Lipinski definition) is 0. The fourth-order valence-electron chi connectivity index (χ4n) is 1.39. The fourth-order valence-corrected chi connectivity index (χ4v) is 2.53. The summed E-state index contributed by atoms with van der Waals surface area (Å²) < 4.78 is 19.4. The van der Waals surface area contributed by atoms with Gasteiger partial charge in [-0.3, -0.25) is 4.79 Å². The molecule has 0 bridgehead atoms. The molecule has 1 aromatic heterocycles. The van der Waals surface area contributed by atoms with Gasteiger partial charge >= 0.3 is 0 Å². The number of benzene rings is 1. The zero-order chi connectivity index (χ0) is 12.4. The molecule has 0 aliphatic rings. The number of halogens is 2. The third-order valence-electron chi connectivity index (χ3n) is 2.25. The SMILES string of the molecule is COc1ccc(C(=O)c2csc(Br)c2)c(F)c1. The van der Waals surface area contributed by atoms with Gasteiger partial charge in [0.25, 0.3) is 0 Å². The van der Waals surface area contributed by atoms with Crippen LogP contribution in [-0.4, -0.2) is 12.9 Å². The molecule has 2 rings (SSSR count). The second kappa shape index (κ2) is 4.98. The van der Waals surface area contributed by atoms with Crippen molar-refractivity contribution in [1.29, 1.82) is 0 Å². The molecular formula is C12H8BrFO2S. The maximum Gasteiger partial charge on any atom is 0.196 e. The Kier molecular flexibility index (Phi) is 3.59. The van der Waals surface area contributed by atoms with Crippen molar-refractivity contribution in [3.8, 4) is 5.75 Å². The van der Waals surface area contributed by atoms with Gasteiger partial charge < -0.3 is 4.74 Å². The van der Waals surface area contributed by atoms with Crippen LogP contribution in [0.5, 0.6) is 5.75 Å². The summed E-state index contributed by atoms with van der Waals surface area (Å²) in [6, 6.07) is 5.88.